The number of nitrogens with zero attached hydrogens (tertiary/aromatic N) is 3. The molecule has 0 saturated carbocycles. The van der Waals surface area contributed by atoms with Crippen molar-refractivity contribution < 1.29 is 4.92 Å². The van der Waals surface area contributed by atoms with Crippen LogP contribution in [0.1, 0.15) is 12.8 Å². The molecule has 0 unspecified atom stereocenters. The minimum atomic E-state index is -0.536. The van der Waals surface area contributed by atoms with Gasteiger partial charge in [0.05, 0.1) is 11.1 Å². The summed E-state index contributed by atoms with van der Waals surface area (Å²) in [5.41, 5.74) is -0.562. The van der Waals surface area contributed by atoms with E-state index in [9.17, 15) is 14.9 Å². The van der Waals surface area contributed by atoms with Crippen LogP contribution in [0.5, 0.6) is 0 Å². The second-order valence-electron chi connectivity index (χ2n) is 4.20. The first-order valence-electron chi connectivity index (χ1n) is 5.58. The van der Waals surface area contributed by atoms with Crippen molar-refractivity contribution in [1.29, 1.82) is 0 Å². The number of aromatic nitrogens is 2. The van der Waals surface area contributed by atoms with E-state index >= 15 is 0 Å². The van der Waals surface area contributed by atoms with Crippen LogP contribution >= 0.6 is 0 Å². The van der Waals surface area contributed by atoms with Gasteiger partial charge >= 0.3 is 11.4 Å². The molecule has 92 valence electrons. The molecule has 1 fully saturated rings. The van der Waals surface area contributed by atoms with Crippen molar-refractivity contribution in [2.24, 2.45) is 5.92 Å². The number of piperidine rings is 1. The molecule has 0 radical (unpaired) electrons. The normalized spacial score (nSPS) is 16.9. The van der Waals surface area contributed by atoms with Gasteiger partial charge in [-0.3, -0.25) is 14.7 Å². The van der Waals surface area contributed by atoms with E-state index in [-0.39, 0.29) is 5.69 Å². The van der Waals surface area contributed by atoms with Crippen molar-refractivity contribution in [3.8, 4) is 0 Å². The van der Waals surface area contributed by atoms with Crippen LogP contribution in [0, 0.1) is 16.0 Å². The zero-order valence-corrected chi connectivity index (χ0v) is 9.33. The Morgan fingerprint density at radius 1 is 1.53 bits per heavy atom. The zero-order valence-electron chi connectivity index (χ0n) is 9.33. The number of nitro groups is 1. The van der Waals surface area contributed by atoms with Crippen molar-refractivity contribution in [2.75, 3.05) is 13.1 Å². The van der Waals surface area contributed by atoms with Crippen molar-refractivity contribution in [2.45, 2.75) is 19.4 Å². The van der Waals surface area contributed by atoms with E-state index in [1.54, 1.807) is 0 Å². The van der Waals surface area contributed by atoms with E-state index in [0.717, 1.165) is 32.1 Å². The van der Waals surface area contributed by atoms with Crippen molar-refractivity contribution in [3.05, 3.63) is 33.0 Å². The first kappa shape index (κ1) is 11.7. The molecule has 7 nitrogen and oxygen atoms in total. The minimum Gasteiger partial charge on any atom is -0.317 e. The first-order valence-corrected chi connectivity index (χ1v) is 5.58. The molecule has 1 aliphatic heterocycles. The fourth-order valence-electron chi connectivity index (χ4n) is 2.01. The fraction of sp³-hybridized carbons (Fsp3) is 0.600. The highest BCUT2D eigenvalue weighted by Crippen LogP contribution is 2.14. The smallest absolute Gasteiger partial charge is 0.317 e. The number of hydrogen-bond donors (Lipinski definition) is 1. The van der Waals surface area contributed by atoms with Gasteiger partial charge in [0.2, 0.25) is 0 Å². The zero-order chi connectivity index (χ0) is 12.3. The molecule has 17 heavy (non-hydrogen) atoms. The molecule has 1 aliphatic rings. The Morgan fingerprint density at radius 3 is 2.88 bits per heavy atom. The maximum atomic E-state index is 11.5. The molecule has 0 bridgehead atoms. The van der Waals surface area contributed by atoms with Crippen molar-refractivity contribution in [1.82, 2.24) is 14.9 Å². The van der Waals surface area contributed by atoms with Gasteiger partial charge in [0.15, 0.2) is 0 Å². The quantitative estimate of drug-likeness (QED) is 0.598. The van der Waals surface area contributed by atoms with Crippen LogP contribution in [0.25, 0.3) is 0 Å². The molecule has 0 atom stereocenters. The lowest BCUT2D eigenvalue weighted by atomic mass is 9.98. The van der Waals surface area contributed by atoms with Gasteiger partial charge in [-0.15, -0.1) is 0 Å². The fourth-order valence-corrected chi connectivity index (χ4v) is 2.01. The highest BCUT2D eigenvalue weighted by Gasteiger charge is 2.16. The third-order valence-corrected chi connectivity index (χ3v) is 2.97. The summed E-state index contributed by atoms with van der Waals surface area (Å²) < 4.78 is 1.34. The molecular weight excluding hydrogens is 224 g/mol. The summed E-state index contributed by atoms with van der Waals surface area (Å²) >= 11 is 0. The maximum absolute atomic E-state index is 11.5. The molecule has 0 spiro atoms. The van der Waals surface area contributed by atoms with Gasteiger partial charge in [-0.25, -0.2) is 4.79 Å². The van der Waals surface area contributed by atoms with Crippen LogP contribution < -0.4 is 11.0 Å². The molecule has 7 heteroatoms. The molecule has 0 amide bonds. The maximum Gasteiger partial charge on any atom is 0.347 e. The van der Waals surface area contributed by atoms with Crippen LogP contribution in [0.4, 0.5) is 5.69 Å². The lowest BCUT2D eigenvalue weighted by Gasteiger charge is -2.22. The summed E-state index contributed by atoms with van der Waals surface area (Å²) in [4.78, 5) is 25.1. The van der Waals surface area contributed by atoms with Crippen LogP contribution in [0.3, 0.4) is 0 Å². The largest absolute Gasteiger partial charge is 0.347 e. The lowest BCUT2D eigenvalue weighted by molar-refractivity contribution is -0.385. The second kappa shape index (κ2) is 5.05. The van der Waals surface area contributed by atoms with Crippen LogP contribution in [-0.2, 0) is 6.54 Å². The Morgan fingerprint density at radius 2 is 2.24 bits per heavy atom. The SMILES string of the molecule is O=c1ncc([N+](=O)[O-])cn1CC1CCNCC1. The van der Waals surface area contributed by atoms with Gasteiger partial charge in [0.1, 0.15) is 6.20 Å². The molecule has 2 heterocycles. The predicted octanol–water partition coefficient (Wildman–Crippen LogP) is 0.151. The Balaban J connectivity index is 2.16. The molecule has 1 aromatic rings. The van der Waals surface area contributed by atoms with E-state index in [1.165, 1.54) is 10.8 Å². The minimum absolute atomic E-state index is 0.140. The van der Waals surface area contributed by atoms with Gasteiger partial charge in [-0.05, 0) is 31.8 Å². The molecule has 0 aromatic carbocycles. The predicted molar refractivity (Wildman–Crippen MR) is 60.7 cm³/mol. The standard InChI is InChI=1S/C10H14N4O3/c15-10-12-5-9(14(16)17)7-13(10)6-8-1-3-11-4-2-8/h5,7-8,11H,1-4,6H2. The topological polar surface area (TPSA) is 90.1 Å². The summed E-state index contributed by atoms with van der Waals surface area (Å²) in [5.74, 6) is 0.387. The summed E-state index contributed by atoms with van der Waals surface area (Å²) in [6.07, 6.45) is 4.24. The van der Waals surface area contributed by atoms with Gasteiger partial charge in [-0.2, -0.15) is 4.98 Å². The summed E-state index contributed by atoms with van der Waals surface area (Å²) in [6, 6.07) is 0. The first-order chi connectivity index (χ1) is 8.16. The average molecular weight is 238 g/mol. The molecular formula is C10H14N4O3. The van der Waals surface area contributed by atoms with E-state index in [2.05, 4.69) is 10.3 Å². The Kier molecular flexibility index (Phi) is 3.48. The number of hydrogen-bond acceptors (Lipinski definition) is 5. The van der Waals surface area contributed by atoms with Crippen LogP contribution in [0.2, 0.25) is 0 Å². The second-order valence-corrected chi connectivity index (χ2v) is 4.20. The third-order valence-electron chi connectivity index (χ3n) is 2.97. The average Bonchev–Trinajstić information content (AvgIpc) is 2.33. The molecule has 1 saturated heterocycles. The van der Waals surface area contributed by atoms with E-state index in [4.69, 9.17) is 0 Å². The van der Waals surface area contributed by atoms with Gasteiger partial charge in [-0.1, -0.05) is 0 Å². The van der Waals surface area contributed by atoms with Crippen LogP contribution in [0.15, 0.2) is 17.2 Å². The molecule has 2 rings (SSSR count). The molecule has 1 aromatic heterocycles. The Bertz CT molecular complexity index is 465. The summed E-state index contributed by atoms with van der Waals surface area (Å²) in [6.45, 7) is 2.37. The van der Waals surface area contributed by atoms with E-state index in [1.807, 2.05) is 0 Å². The van der Waals surface area contributed by atoms with E-state index in [0.29, 0.717) is 12.5 Å². The summed E-state index contributed by atoms with van der Waals surface area (Å²) in [5, 5.41) is 13.8. The van der Waals surface area contributed by atoms with E-state index < -0.39 is 10.6 Å². The number of rotatable bonds is 3. The van der Waals surface area contributed by atoms with Gasteiger partial charge in [0, 0.05) is 6.54 Å². The highest BCUT2D eigenvalue weighted by molar-refractivity contribution is 5.20. The monoisotopic (exact) mass is 238 g/mol. The van der Waals surface area contributed by atoms with Crippen LogP contribution in [-0.4, -0.2) is 27.6 Å². The van der Waals surface area contributed by atoms with Crippen molar-refractivity contribution >= 4 is 5.69 Å². The molecule has 0 aliphatic carbocycles. The van der Waals surface area contributed by atoms with Gasteiger partial charge < -0.3 is 5.32 Å². The third kappa shape index (κ3) is 2.88. The van der Waals surface area contributed by atoms with Gasteiger partial charge in [0.25, 0.3) is 0 Å². The van der Waals surface area contributed by atoms with Crippen molar-refractivity contribution in [3.63, 3.8) is 0 Å². The Labute approximate surface area is 97.6 Å². The lowest BCUT2D eigenvalue weighted by Crippen LogP contribution is -2.33. The summed E-state index contributed by atoms with van der Waals surface area (Å²) in [7, 11) is 0. The highest BCUT2D eigenvalue weighted by atomic mass is 16.6. The molecule has 1 N–H and O–H groups in total. The number of nitrogens with one attached hydrogen (secondary N) is 1. The Hall–Kier alpha value is -1.76.